The minimum Gasteiger partial charge on any atom is -0.478 e. The van der Waals surface area contributed by atoms with Gasteiger partial charge in [0.1, 0.15) is 0 Å². The second-order valence-electron chi connectivity index (χ2n) is 3.32. The Labute approximate surface area is 112 Å². The van der Waals surface area contributed by atoms with Gasteiger partial charge in [0, 0.05) is 22.4 Å². The quantitative estimate of drug-likeness (QED) is 0.831. The summed E-state index contributed by atoms with van der Waals surface area (Å²) in [6.07, 6.45) is 0. The monoisotopic (exact) mass is 323 g/mol. The van der Waals surface area contributed by atoms with Gasteiger partial charge < -0.3 is 10.2 Å². The van der Waals surface area contributed by atoms with Crippen molar-refractivity contribution >= 4 is 22.7 Å². The van der Waals surface area contributed by atoms with E-state index in [9.17, 15) is 9.59 Å². The second-order valence-corrected chi connectivity index (χ2v) is 3.32. The number of fused-ring (bicyclic) bond motifs is 1. The summed E-state index contributed by atoms with van der Waals surface area (Å²) in [6.45, 7) is 0. The molecule has 0 aliphatic heterocycles. The Hall–Kier alpha value is -1.62. The van der Waals surface area contributed by atoms with Gasteiger partial charge in [-0.25, -0.2) is 9.59 Å². The summed E-state index contributed by atoms with van der Waals surface area (Å²) in [7, 11) is 0. The molecule has 2 aromatic rings. The van der Waals surface area contributed by atoms with Crippen molar-refractivity contribution in [2.75, 3.05) is 0 Å². The van der Waals surface area contributed by atoms with Gasteiger partial charge in [0.25, 0.3) is 0 Å². The Kier molecular flexibility index (Phi) is 4.07. The number of carboxylic acids is 2. The van der Waals surface area contributed by atoms with Crippen LogP contribution in [0.5, 0.6) is 0 Å². The summed E-state index contributed by atoms with van der Waals surface area (Å²) in [5.41, 5.74) is -0.350. The zero-order valence-corrected chi connectivity index (χ0v) is 9.96. The van der Waals surface area contributed by atoms with Gasteiger partial charge >= 0.3 is 11.9 Å². The molecule has 4 nitrogen and oxygen atoms in total. The molecule has 0 saturated heterocycles. The van der Waals surface area contributed by atoms with E-state index in [0.29, 0.717) is 10.8 Å². The van der Waals surface area contributed by atoms with Crippen molar-refractivity contribution in [1.82, 2.24) is 0 Å². The van der Waals surface area contributed by atoms with E-state index in [-0.39, 0.29) is 33.5 Å². The summed E-state index contributed by atoms with van der Waals surface area (Å²) in [5, 5.41) is 19.1. The molecule has 0 aliphatic rings. The van der Waals surface area contributed by atoms with Crippen LogP contribution < -0.4 is 0 Å². The Morgan fingerprint density at radius 2 is 1.53 bits per heavy atom. The average Bonchev–Trinajstić information content (AvgIpc) is 2.27. The first kappa shape index (κ1) is 13.4. The molecule has 0 bridgehead atoms. The normalized spacial score (nSPS) is 9.65. The summed E-state index contributed by atoms with van der Waals surface area (Å²) >= 11 is 0. The predicted molar refractivity (Wildman–Crippen MR) is 57.9 cm³/mol. The zero-order chi connectivity index (χ0) is 11.7. The molecule has 2 rings (SSSR count). The van der Waals surface area contributed by atoms with E-state index >= 15 is 0 Å². The molecule has 0 aliphatic carbocycles. The number of carbonyl (C=O) groups is 2. The SMILES string of the molecule is O=C(O)c1ccc2ccccc2c1C(=O)O.[Ag]. The molecule has 0 fully saturated rings. The predicted octanol–water partition coefficient (Wildman–Crippen LogP) is 2.23. The Morgan fingerprint density at radius 3 is 2.12 bits per heavy atom. The zero-order valence-electron chi connectivity index (χ0n) is 8.48. The maximum Gasteiger partial charge on any atom is 0.337 e. The van der Waals surface area contributed by atoms with Crippen LogP contribution in [0.15, 0.2) is 36.4 Å². The van der Waals surface area contributed by atoms with Gasteiger partial charge in [-0.15, -0.1) is 0 Å². The van der Waals surface area contributed by atoms with Gasteiger partial charge in [0.2, 0.25) is 0 Å². The second kappa shape index (κ2) is 5.14. The maximum atomic E-state index is 11.1. The summed E-state index contributed by atoms with van der Waals surface area (Å²) in [4.78, 5) is 22.0. The number of aromatic carboxylic acids is 2. The number of benzene rings is 2. The fraction of sp³-hybridized carbons (Fsp3) is 0. The van der Waals surface area contributed by atoms with E-state index < -0.39 is 11.9 Å². The molecule has 0 atom stereocenters. The molecular formula is C12H8AgO4. The topological polar surface area (TPSA) is 74.6 Å². The Morgan fingerprint density at radius 1 is 0.882 bits per heavy atom. The fourth-order valence-corrected chi connectivity index (χ4v) is 1.68. The van der Waals surface area contributed by atoms with Gasteiger partial charge in [0.05, 0.1) is 11.1 Å². The van der Waals surface area contributed by atoms with E-state index in [1.807, 2.05) is 0 Å². The van der Waals surface area contributed by atoms with Crippen LogP contribution in [0.25, 0.3) is 10.8 Å². The molecule has 1 radical (unpaired) electrons. The van der Waals surface area contributed by atoms with E-state index in [1.54, 1.807) is 30.3 Å². The van der Waals surface area contributed by atoms with Gasteiger partial charge in [0.15, 0.2) is 0 Å². The van der Waals surface area contributed by atoms with E-state index in [0.717, 1.165) is 0 Å². The largest absolute Gasteiger partial charge is 0.478 e. The molecule has 91 valence electrons. The van der Waals surface area contributed by atoms with Crippen molar-refractivity contribution in [1.29, 1.82) is 0 Å². The maximum absolute atomic E-state index is 11.1. The fourth-order valence-electron chi connectivity index (χ4n) is 1.68. The Bertz CT molecular complexity index is 592. The molecule has 0 amide bonds. The van der Waals surface area contributed by atoms with Crippen LogP contribution >= 0.6 is 0 Å². The van der Waals surface area contributed by atoms with Crippen LogP contribution in [0.1, 0.15) is 20.7 Å². The molecule has 5 heteroatoms. The standard InChI is InChI=1S/C12H8O4.Ag/c13-11(14)9-6-5-7-3-1-2-4-8(7)10(9)12(15)16;/h1-6H,(H,13,14)(H,15,16);. The van der Waals surface area contributed by atoms with Gasteiger partial charge in [-0.3, -0.25) is 0 Å². The van der Waals surface area contributed by atoms with Crippen LogP contribution in [0.3, 0.4) is 0 Å². The number of carboxylic acid groups (broad SMARTS) is 2. The molecule has 0 unspecified atom stereocenters. The van der Waals surface area contributed by atoms with Crippen molar-refractivity contribution in [3.63, 3.8) is 0 Å². The van der Waals surface area contributed by atoms with Crippen molar-refractivity contribution in [2.24, 2.45) is 0 Å². The number of rotatable bonds is 2. The Balaban J connectivity index is 0.00000144. The minimum absolute atomic E-state index is 0. The molecule has 2 aromatic carbocycles. The molecule has 0 heterocycles. The third-order valence-electron chi connectivity index (χ3n) is 2.37. The van der Waals surface area contributed by atoms with E-state index in [4.69, 9.17) is 10.2 Å². The van der Waals surface area contributed by atoms with Crippen molar-refractivity contribution in [3.05, 3.63) is 47.5 Å². The summed E-state index contributed by atoms with van der Waals surface area (Å²) in [5.74, 6) is -2.46. The third kappa shape index (κ3) is 2.39. The van der Waals surface area contributed by atoms with Crippen LogP contribution in [0.4, 0.5) is 0 Å². The van der Waals surface area contributed by atoms with Gasteiger partial charge in [-0.2, -0.15) is 0 Å². The van der Waals surface area contributed by atoms with Gasteiger partial charge in [-0.1, -0.05) is 30.3 Å². The molecule has 0 spiro atoms. The smallest absolute Gasteiger partial charge is 0.337 e. The molecule has 2 N–H and O–H groups in total. The van der Waals surface area contributed by atoms with Crippen LogP contribution in [-0.4, -0.2) is 22.2 Å². The van der Waals surface area contributed by atoms with Crippen molar-refractivity contribution in [3.8, 4) is 0 Å². The minimum atomic E-state index is -1.23. The molecule has 0 saturated carbocycles. The summed E-state index contributed by atoms with van der Waals surface area (Å²) < 4.78 is 0. The third-order valence-corrected chi connectivity index (χ3v) is 2.37. The van der Waals surface area contributed by atoms with Crippen LogP contribution in [0, 0.1) is 0 Å². The van der Waals surface area contributed by atoms with E-state index in [1.165, 1.54) is 6.07 Å². The first-order chi connectivity index (χ1) is 7.61. The van der Waals surface area contributed by atoms with Crippen molar-refractivity contribution in [2.45, 2.75) is 0 Å². The van der Waals surface area contributed by atoms with E-state index in [2.05, 4.69) is 0 Å². The van der Waals surface area contributed by atoms with Gasteiger partial charge in [-0.05, 0) is 16.8 Å². The number of hydrogen-bond acceptors (Lipinski definition) is 2. The first-order valence-electron chi connectivity index (χ1n) is 4.59. The molecule has 17 heavy (non-hydrogen) atoms. The summed E-state index contributed by atoms with van der Waals surface area (Å²) in [6, 6.07) is 9.72. The van der Waals surface area contributed by atoms with Crippen LogP contribution in [-0.2, 0) is 22.4 Å². The van der Waals surface area contributed by atoms with Crippen LogP contribution in [0.2, 0.25) is 0 Å². The molecule has 0 aromatic heterocycles. The number of hydrogen-bond donors (Lipinski definition) is 2. The molecular weight excluding hydrogens is 316 g/mol. The van der Waals surface area contributed by atoms with Crippen molar-refractivity contribution < 1.29 is 42.2 Å². The first-order valence-corrected chi connectivity index (χ1v) is 4.59. The average molecular weight is 324 g/mol.